The van der Waals surface area contributed by atoms with Gasteiger partial charge in [-0.05, 0) is 48.7 Å². The maximum absolute atomic E-state index is 13.6. The van der Waals surface area contributed by atoms with Gasteiger partial charge in [-0.25, -0.2) is 4.79 Å². The number of allylic oxidation sites excluding steroid dienone is 1. The SMILES string of the molecule is CCOC(=O)c1ccc(/C=C/C(c2cc(C)c(Cl)c(Cl)c2)C(F)(F)F)cc1C(F)(F)F. The molecule has 0 amide bonds. The summed E-state index contributed by atoms with van der Waals surface area (Å²) >= 11 is 11.8. The quantitative estimate of drug-likeness (QED) is 0.319. The first-order valence-electron chi connectivity index (χ1n) is 8.84. The van der Waals surface area contributed by atoms with Crippen LogP contribution in [0.1, 0.15) is 45.5 Å². The lowest BCUT2D eigenvalue weighted by Gasteiger charge is -2.19. The number of rotatable bonds is 5. The van der Waals surface area contributed by atoms with Crippen LogP contribution in [0.3, 0.4) is 0 Å². The number of halogens is 8. The minimum atomic E-state index is -4.91. The molecular weight excluding hydrogens is 469 g/mol. The van der Waals surface area contributed by atoms with Gasteiger partial charge in [0.25, 0.3) is 0 Å². The molecule has 0 saturated carbocycles. The van der Waals surface area contributed by atoms with Crippen molar-refractivity contribution in [2.45, 2.75) is 32.1 Å². The lowest BCUT2D eigenvalue weighted by molar-refractivity contribution is -0.139. The first kappa shape index (κ1) is 25.1. The van der Waals surface area contributed by atoms with Crippen LogP contribution in [0.2, 0.25) is 10.0 Å². The molecule has 1 unspecified atom stereocenters. The molecule has 0 radical (unpaired) electrons. The number of hydrogen-bond donors (Lipinski definition) is 0. The minimum Gasteiger partial charge on any atom is -0.462 e. The molecule has 0 aliphatic heterocycles. The highest BCUT2D eigenvalue weighted by Gasteiger charge is 2.39. The Morgan fingerprint density at radius 1 is 1.10 bits per heavy atom. The topological polar surface area (TPSA) is 26.3 Å². The van der Waals surface area contributed by atoms with E-state index in [-0.39, 0.29) is 27.8 Å². The third kappa shape index (κ3) is 6.17. The van der Waals surface area contributed by atoms with E-state index in [0.717, 1.165) is 30.4 Å². The van der Waals surface area contributed by atoms with E-state index in [1.54, 1.807) is 0 Å². The Morgan fingerprint density at radius 2 is 1.74 bits per heavy atom. The fourth-order valence-electron chi connectivity index (χ4n) is 2.84. The molecule has 2 aromatic rings. The van der Waals surface area contributed by atoms with Gasteiger partial charge in [0.15, 0.2) is 0 Å². The van der Waals surface area contributed by atoms with Crippen molar-refractivity contribution in [2.24, 2.45) is 0 Å². The monoisotopic (exact) mass is 484 g/mol. The highest BCUT2D eigenvalue weighted by Crippen LogP contribution is 2.40. The molecule has 0 bridgehead atoms. The first-order chi connectivity index (χ1) is 14.3. The molecule has 2 rings (SSSR count). The van der Waals surface area contributed by atoms with E-state index in [0.29, 0.717) is 11.6 Å². The lowest BCUT2D eigenvalue weighted by atomic mass is 9.95. The summed E-state index contributed by atoms with van der Waals surface area (Å²) in [5, 5.41) is 0.0390. The molecule has 0 aliphatic carbocycles. The number of esters is 1. The summed E-state index contributed by atoms with van der Waals surface area (Å²) in [6.45, 7) is 2.79. The highest BCUT2D eigenvalue weighted by atomic mass is 35.5. The van der Waals surface area contributed by atoms with Crippen LogP contribution >= 0.6 is 23.2 Å². The van der Waals surface area contributed by atoms with Crippen molar-refractivity contribution in [1.82, 2.24) is 0 Å². The minimum absolute atomic E-state index is 0.0718. The van der Waals surface area contributed by atoms with Gasteiger partial charge in [-0.15, -0.1) is 0 Å². The fourth-order valence-corrected chi connectivity index (χ4v) is 3.22. The number of carbonyl (C=O) groups is 1. The number of benzene rings is 2. The van der Waals surface area contributed by atoms with E-state index in [4.69, 9.17) is 23.2 Å². The Labute approximate surface area is 184 Å². The second-order valence-corrected chi connectivity index (χ2v) is 7.32. The standard InChI is InChI=1S/C21H16Cl2F6O2/c1-3-31-19(30)14-6-4-12(9-16(14)21(27,28)29)5-7-15(20(24,25)26)13-8-11(2)18(23)17(22)10-13/h4-10,15H,3H2,1-2H3/b7-5+. The van der Waals surface area contributed by atoms with Crippen molar-refractivity contribution in [3.8, 4) is 0 Å². The zero-order chi connectivity index (χ0) is 23.6. The van der Waals surface area contributed by atoms with Crippen molar-refractivity contribution in [2.75, 3.05) is 6.61 Å². The molecule has 0 aliphatic rings. The summed E-state index contributed by atoms with van der Waals surface area (Å²) < 4.78 is 85.6. The zero-order valence-electron chi connectivity index (χ0n) is 16.2. The average molecular weight is 485 g/mol. The van der Waals surface area contributed by atoms with E-state index < -0.39 is 35.4 Å². The van der Waals surface area contributed by atoms with Gasteiger partial charge in [-0.2, -0.15) is 26.3 Å². The van der Waals surface area contributed by atoms with E-state index in [2.05, 4.69) is 4.74 Å². The Balaban J connectivity index is 2.51. The van der Waals surface area contributed by atoms with E-state index in [1.807, 2.05) is 0 Å². The summed E-state index contributed by atoms with van der Waals surface area (Å²) in [7, 11) is 0. The van der Waals surface area contributed by atoms with Crippen LogP contribution < -0.4 is 0 Å². The molecule has 1 atom stereocenters. The van der Waals surface area contributed by atoms with Crippen LogP contribution in [-0.2, 0) is 10.9 Å². The molecule has 10 heteroatoms. The van der Waals surface area contributed by atoms with Crippen LogP contribution in [0.25, 0.3) is 6.08 Å². The smallest absolute Gasteiger partial charge is 0.417 e. The van der Waals surface area contributed by atoms with Gasteiger partial charge >= 0.3 is 18.3 Å². The maximum atomic E-state index is 13.6. The van der Waals surface area contributed by atoms with Crippen LogP contribution in [0.5, 0.6) is 0 Å². The fraction of sp³-hybridized carbons (Fsp3) is 0.286. The normalized spacial score (nSPS) is 13.5. The number of aryl methyl sites for hydroxylation is 1. The summed E-state index contributed by atoms with van der Waals surface area (Å²) in [4.78, 5) is 11.8. The summed E-state index contributed by atoms with van der Waals surface area (Å²) in [5.41, 5.74) is -2.09. The summed E-state index contributed by atoms with van der Waals surface area (Å²) in [6, 6.07) is 4.83. The van der Waals surface area contributed by atoms with Gasteiger partial charge in [-0.1, -0.05) is 47.5 Å². The molecule has 168 valence electrons. The Bertz CT molecular complexity index is 973. The van der Waals surface area contributed by atoms with Gasteiger partial charge in [-0.3, -0.25) is 0 Å². The predicted octanol–water partition coefficient (Wildman–Crippen LogP) is 7.86. The molecule has 0 spiro atoms. The molecule has 31 heavy (non-hydrogen) atoms. The predicted molar refractivity (Wildman–Crippen MR) is 106 cm³/mol. The Morgan fingerprint density at radius 3 is 2.26 bits per heavy atom. The largest absolute Gasteiger partial charge is 0.462 e. The molecule has 0 N–H and O–H groups in total. The van der Waals surface area contributed by atoms with Gasteiger partial charge in [0.2, 0.25) is 0 Å². The number of carbonyl (C=O) groups excluding carboxylic acids is 1. The average Bonchev–Trinajstić information content (AvgIpc) is 2.64. The van der Waals surface area contributed by atoms with Crippen LogP contribution in [0.15, 0.2) is 36.4 Å². The Hall–Kier alpha value is -2.19. The Kier molecular flexibility index (Phi) is 7.70. The third-order valence-corrected chi connectivity index (χ3v) is 5.17. The van der Waals surface area contributed by atoms with Crippen LogP contribution in [0, 0.1) is 6.92 Å². The first-order valence-corrected chi connectivity index (χ1v) is 9.60. The zero-order valence-corrected chi connectivity index (χ0v) is 17.7. The van der Waals surface area contributed by atoms with E-state index in [9.17, 15) is 31.1 Å². The third-order valence-electron chi connectivity index (χ3n) is 4.27. The highest BCUT2D eigenvalue weighted by molar-refractivity contribution is 6.42. The number of hydrogen-bond acceptors (Lipinski definition) is 2. The molecule has 2 nitrogen and oxygen atoms in total. The van der Waals surface area contributed by atoms with Crippen LogP contribution in [-0.4, -0.2) is 18.8 Å². The summed E-state index contributed by atoms with van der Waals surface area (Å²) in [6.07, 6.45) is -8.02. The molecule has 0 aromatic heterocycles. The molecular formula is C21H16Cl2F6O2. The number of alkyl halides is 6. The van der Waals surface area contributed by atoms with Crippen molar-refractivity contribution in [3.63, 3.8) is 0 Å². The second kappa shape index (κ2) is 9.53. The molecule has 2 aromatic carbocycles. The molecule has 0 heterocycles. The maximum Gasteiger partial charge on any atom is 0.417 e. The van der Waals surface area contributed by atoms with Crippen molar-refractivity contribution < 1.29 is 35.9 Å². The molecule has 0 saturated heterocycles. The van der Waals surface area contributed by atoms with E-state index in [1.165, 1.54) is 19.9 Å². The molecule has 0 fully saturated rings. The van der Waals surface area contributed by atoms with Gasteiger partial charge in [0.1, 0.15) is 0 Å². The van der Waals surface area contributed by atoms with E-state index >= 15 is 0 Å². The number of ether oxygens (including phenoxy) is 1. The summed E-state index contributed by atoms with van der Waals surface area (Å²) in [5.74, 6) is -3.31. The van der Waals surface area contributed by atoms with Gasteiger partial charge < -0.3 is 4.74 Å². The van der Waals surface area contributed by atoms with Gasteiger partial charge in [0, 0.05) is 0 Å². The van der Waals surface area contributed by atoms with Crippen molar-refractivity contribution in [3.05, 3.63) is 74.3 Å². The second-order valence-electron chi connectivity index (χ2n) is 6.54. The van der Waals surface area contributed by atoms with Crippen molar-refractivity contribution in [1.29, 1.82) is 0 Å². The van der Waals surface area contributed by atoms with Crippen molar-refractivity contribution >= 4 is 35.2 Å². The van der Waals surface area contributed by atoms with Gasteiger partial charge in [0.05, 0.1) is 33.7 Å². The lowest BCUT2D eigenvalue weighted by Crippen LogP contribution is -2.19. The van der Waals surface area contributed by atoms with Crippen LogP contribution in [0.4, 0.5) is 26.3 Å².